The van der Waals surface area contributed by atoms with Crippen molar-refractivity contribution in [3.05, 3.63) is 41.7 Å². The minimum absolute atomic E-state index is 0.0727. The lowest BCUT2D eigenvalue weighted by Crippen LogP contribution is -2.61. The monoisotopic (exact) mass is 539 g/mol. The normalized spacial score (nSPS) is 16.9. The number of benzene rings is 1. The highest BCUT2D eigenvalue weighted by atomic mass is 35.5. The first-order valence-corrected chi connectivity index (χ1v) is 13.4. The third-order valence-corrected chi connectivity index (χ3v) is 7.12. The van der Waals surface area contributed by atoms with E-state index in [2.05, 4.69) is 20.6 Å². The van der Waals surface area contributed by atoms with Crippen LogP contribution in [0.25, 0.3) is 22.2 Å². The van der Waals surface area contributed by atoms with Crippen molar-refractivity contribution in [2.75, 3.05) is 38.0 Å². The number of amides is 2. The highest BCUT2D eigenvalue weighted by Crippen LogP contribution is 2.32. The lowest BCUT2D eigenvalue weighted by atomic mass is 10.0. The van der Waals surface area contributed by atoms with Gasteiger partial charge in [0.15, 0.2) is 0 Å². The maximum absolute atomic E-state index is 12.7. The summed E-state index contributed by atoms with van der Waals surface area (Å²) in [4.78, 5) is 40.7. The van der Waals surface area contributed by atoms with Crippen LogP contribution in [-0.4, -0.2) is 87.2 Å². The van der Waals surface area contributed by atoms with Crippen LogP contribution in [0.4, 0.5) is 10.7 Å². The first-order chi connectivity index (χ1) is 18.2. The summed E-state index contributed by atoms with van der Waals surface area (Å²) < 4.78 is 5.37. The van der Waals surface area contributed by atoms with E-state index in [9.17, 15) is 9.59 Å². The van der Waals surface area contributed by atoms with Gasteiger partial charge in [-0.3, -0.25) is 4.79 Å². The molecule has 10 nitrogen and oxygen atoms in total. The smallest absolute Gasteiger partial charge is 0.410 e. The lowest BCUT2D eigenvalue weighted by Gasteiger charge is -2.40. The minimum atomic E-state index is -0.508. The number of rotatable bonds is 6. The number of piperidine rings is 1. The van der Waals surface area contributed by atoms with Gasteiger partial charge in [-0.15, -0.1) is 0 Å². The number of H-pyrrole nitrogens is 1. The fourth-order valence-corrected chi connectivity index (χ4v) is 4.97. The number of halogens is 1. The van der Waals surface area contributed by atoms with E-state index in [4.69, 9.17) is 21.3 Å². The maximum atomic E-state index is 12.7. The van der Waals surface area contributed by atoms with Crippen LogP contribution < -0.4 is 10.6 Å². The summed E-state index contributed by atoms with van der Waals surface area (Å²) >= 11 is 6.46. The van der Waals surface area contributed by atoms with Crippen molar-refractivity contribution in [3.63, 3.8) is 0 Å². The van der Waals surface area contributed by atoms with Crippen LogP contribution in [-0.2, 0) is 9.53 Å². The molecule has 2 aliphatic heterocycles. The Labute approximate surface area is 227 Å². The van der Waals surface area contributed by atoms with E-state index in [1.165, 1.54) is 0 Å². The number of ether oxygens (including phenoxy) is 1. The molecule has 202 valence electrons. The predicted octanol–water partition coefficient (Wildman–Crippen LogP) is 3.89. The second-order valence-electron chi connectivity index (χ2n) is 10.9. The largest absolute Gasteiger partial charge is 0.444 e. The maximum Gasteiger partial charge on any atom is 0.410 e. The number of fused-ring (bicyclic) bond motifs is 1. The molecule has 0 unspecified atom stereocenters. The number of anilines is 1. The molecule has 0 spiro atoms. The van der Waals surface area contributed by atoms with Crippen LogP contribution in [0.2, 0.25) is 5.02 Å². The molecule has 0 aliphatic carbocycles. The molecular weight excluding hydrogens is 506 g/mol. The topological polar surface area (TPSA) is 115 Å². The van der Waals surface area contributed by atoms with Crippen LogP contribution in [0.5, 0.6) is 0 Å². The molecule has 3 N–H and O–H groups in total. The Hall–Kier alpha value is -3.37. The van der Waals surface area contributed by atoms with Crippen molar-refractivity contribution >= 4 is 40.5 Å². The van der Waals surface area contributed by atoms with Crippen LogP contribution in [0.15, 0.2) is 36.7 Å². The van der Waals surface area contributed by atoms with Gasteiger partial charge < -0.3 is 30.2 Å². The standard InChI is InChI=1S/C27H34ClN7O3/c1-27(2,3)38-26(37)35-15-18(16-35)29-14-23(36)34-10-8-17(9-11-34)32-25-31-13-21(28)24(33-25)20-12-30-22-7-5-4-6-19(20)22/h4-7,12-13,17-18,29-30H,8-11,14-16H2,1-3H3,(H,31,32,33). The lowest BCUT2D eigenvalue weighted by molar-refractivity contribution is -0.131. The van der Waals surface area contributed by atoms with Gasteiger partial charge in [-0.1, -0.05) is 29.8 Å². The molecule has 2 aliphatic rings. The molecular formula is C27H34ClN7O3. The van der Waals surface area contributed by atoms with Gasteiger partial charge in [0, 0.05) is 60.9 Å². The van der Waals surface area contributed by atoms with Gasteiger partial charge in [-0.25, -0.2) is 14.8 Å². The van der Waals surface area contributed by atoms with Gasteiger partial charge >= 0.3 is 6.09 Å². The van der Waals surface area contributed by atoms with Crippen molar-refractivity contribution in [1.29, 1.82) is 0 Å². The van der Waals surface area contributed by atoms with Gasteiger partial charge in [-0.2, -0.15) is 0 Å². The van der Waals surface area contributed by atoms with Gasteiger partial charge in [0.05, 0.1) is 23.5 Å². The summed E-state index contributed by atoms with van der Waals surface area (Å²) in [6.45, 7) is 8.24. The van der Waals surface area contributed by atoms with E-state index in [1.807, 2.05) is 56.1 Å². The highest BCUT2D eigenvalue weighted by molar-refractivity contribution is 6.33. The zero-order chi connectivity index (χ0) is 26.9. The van der Waals surface area contributed by atoms with E-state index in [1.54, 1.807) is 11.1 Å². The highest BCUT2D eigenvalue weighted by Gasteiger charge is 2.34. The minimum Gasteiger partial charge on any atom is -0.444 e. The first kappa shape index (κ1) is 26.2. The number of likely N-dealkylation sites (tertiary alicyclic amines) is 2. The number of hydrogen-bond donors (Lipinski definition) is 3. The summed E-state index contributed by atoms with van der Waals surface area (Å²) in [6, 6.07) is 8.30. The third-order valence-electron chi connectivity index (χ3n) is 6.84. The van der Waals surface area contributed by atoms with Crippen molar-refractivity contribution in [2.45, 2.75) is 51.3 Å². The van der Waals surface area contributed by atoms with Crippen molar-refractivity contribution in [1.82, 2.24) is 30.1 Å². The fraction of sp³-hybridized carbons (Fsp3) is 0.481. The quantitative estimate of drug-likeness (QED) is 0.435. The molecule has 4 heterocycles. The Bertz CT molecular complexity index is 1310. The van der Waals surface area contributed by atoms with Gasteiger partial charge in [0.2, 0.25) is 11.9 Å². The molecule has 2 amide bonds. The average molecular weight is 540 g/mol. The molecule has 0 atom stereocenters. The number of carbonyl (C=O) groups excluding carboxylic acids is 2. The number of hydrogen-bond acceptors (Lipinski definition) is 7. The summed E-state index contributed by atoms with van der Waals surface area (Å²) in [6.07, 6.45) is 4.84. The third kappa shape index (κ3) is 6.02. The number of para-hydroxylation sites is 1. The number of aromatic amines is 1. The van der Waals surface area contributed by atoms with Crippen LogP contribution in [0.3, 0.4) is 0 Å². The van der Waals surface area contributed by atoms with Crippen LogP contribution in [0.1, 0.15) is 33.6 Å². The van der Waals surface area contributed by atoms with E-state index >= 15 is 0 Å². The van der Waals surface area contributed by atoms with Crippen molar-refractivity contribution < 1.29 is 14.3 Å². The molecule has 0 radical (unpaired) electrons. The SMILES string of the molecule is CC(C)(C)OC(=O)N1CC(NCC(=O)N2CCC(Nc3ncc(Cl)c(-c4c[nH]c5ccccc45)n3)CC2)C1. The summed E-state index contributed by atoms with van der Waals surface area (Å²) in [5.74, 6) is 0.601. The van der Waals surface area contributed by atoms with E-state index in [0.717, 1.165) is 29.3 Å². The molecule has 0 saturated carbocycles. The summed E-state index contributed by atoms with van der Waals surface area (Å²) in [7, 11) is 0. The molecule has 5 rings (SSSR count). The van der Waals surface area contributed by atoms with Gasteiger partial charge in [0.1, 0.15) is 5.60 Å². The number of nitrogens with one attached hydrogen (secondary N) is 3. The fourth-order valence-electron chi connectivity index (χ4n) is 4.78. The molecule has 2 saturated heterocycles. The Balaban J connectivity index is 1.08. The van der Waals surface area contributed by atoms with Crippen LogP contribution >= 0.6 is 11.6 Å². The molecule has 3 aromatic rings. The van der Waals surface area contributed by atoms with Gasteiger partial charge in [0.25, 0.3) is 0 Å². The molecule has 0 bridgehead atoms. The van der Waals surface area contributed by atoms with Crippen molar-refractivity contribution in [2.24, 2.45) is 0 Å². The van der Waals surface area contributed by atoms with Crippen molar-refractivity contribution in [3.8, 4) is 11.3 Å². The number of aromatic nitrogens is 3. The zero-order valence-corrected chi connectivity index (χ0v) is 22.7. The van der Waals surface area contributed by atoms with E-state index in [0.29, 0.717) is 42.8 Å². The molecule has 1 aromatic carbocycles. The Morgan fingerprint density at radius 2 is 1.87 bits per heavy atom. The Morgan fingerprint density at radius 3 is 2.61 bits per heavy atom. The molecule has 2 fully saturated rings. The summed E-state index contributed by atoms with van der Waals surface area (Å²) in [5, 5.41) is 8.23. The average Bonchev–Trinajstić information content (AvgIpc) is 3.27. The number of nitrogens with zero attached hydrogens (tertiary/aromatic N) is 4. The molecule has 38 heavy (non-hydrogen) atoms. The van der Waals surface area contributed by atoms with E-state index in [-0.39, 0.29) is 30.6 Å². The second kappa shape index (κ2) is 10.8. The Kier molecular flexibility index (Phi) is 7.45. The van der Waals surface area contributed by atoms with Gasteiger partial charge in [-0.05, 0) is 39.7 Å². The molecule has 2 aromatic heterocycles. The number of carbonyl (C=O) groups is 2. The predicted molar refractivity (Wildman–Crippen MR) is 147 cm³/mol. The first-order valence-electron chi connectivity index (χ1n) is 13.0. The Morgan fingerprint density at radius 1 is 1.13 bits per heavy atom. The zero-order valence-electron chi connectivity index (χ0n) is 22.0. The summed E-state index contributed by atoms with van der Waals surface area (Å²) in [5.41, 5.74) is 2.13. The second-order valence-corrected chi connectivity index (χ2v) is 11.3. The molecule has 11 heteroatoms. The van der Waals surface area contributed by atoms with E-state index < -0.39 is 5.60 Å². The van der Waals surface area contributed by atoms with Crippen LogP contribution in [0, 0.1) is 0 Å².